The summed E-state index contributed by atoms with van der Waals surface area (Å²) in [5.74, 6) is -0.161. The quantitative estimate of drug-likeness (QED) is 0.816. The smallest absolute Gasteiger partial charge is 0.184 e. The lowest BCUT2D eigenvalue weighted by molar-refractivity contribution is 0.594. The molecule has 0 aliphatic heterocycles. The van der Waals surface area contributed by atoms with E-state index in [1.807, 2.05) is 6.92 Å². The van der Waals surface area contributed by atoms with Crippen molar-refractivity contribution in [3.8, 4) is 0 Å². The lowest BCUT2D eigenvalue weighted by Crippen LogP contribution is -2.07. The van der Waals surface area contributed by atoms with Gasteiger partial charge in [0.2, 0.25) is 0 Å². The van der Waals surface area contributed by atoms with Crippen LogP contribution in [0.1, 0.15) is 11.3 Å². The van der Waals surface area contributed by atoms with Crippen LogP contribution in [0.5, 0.6) is 0 Å². The molecule has 0 spiro atoms. The average Bonchev–Trinajstić information content (AvgIpc) is 2.30. The zero-order valence-electron chi connectivity index (χ0n) is 9.24. The number of aromatic nitrogens is 3. The minimum absolute atomic E-state index is 0.161. The number of benzene rings is 1. The van der Waals surface area contributed by atoms with E-state index < -0.39 is 9.84 Å². The van der Waals surface area contributed by atoms with Crippen molar-refractivity contribution in [2.24, 2.45) is 0 Å². The fourth-order valence-corrected chi connectivity index (χ4v) is 2.62. The Bertz CT molecular complexity index is 594. The minimum Gasteiger partial charge on any atom is -0.237 e. The Kier molecular flexibility index (Phi) is 3.14. The summed E-state index contributed by atoms with van der Waals surface area (Å²) in [6.07, 6.45) is 2.59. The predicted octanol–water partition coefficient (Wildman–Crippen LogP) is 1.15. The first kappa shape index (κ1) is 11.7. The van der Waals surface area contributed by atoms with Gasteiger partial charge in [0.15, 0.2) is 9.84 Å². The van der Waals surface area contributed by atoms with Gasteiger partial charge in [-0.05, 0) is 19.1 Å². The summed E-state index contributed by atoms with van der Waals surface area (Å²) >= 11 is 0. The van der Waals surface area contributed by atoms with E-state index in [4.69, 9.17) is 0 Å². The van der Waals surface area contributed by atoms with Crippen LogP contribution in [0.15, 0.2) is 41.7 Å². The Hall–Kier alpha value is -1.82. The maximum absolute atomic E-state index is 12.0. The SMILES string of the molecule is Cc1ccc(S(=O)(=O)Cc2cnncn2)cc1. The van der Waals surface area contributed by atoms with E-state index in [9.17, 15) is 8.42 Å². The molecule has 0 saturated carbocycles. The Balaban J connectivity index is 2.29. The monoisotopic (exact) mass is 249 g/mol. The van der Waals surface area contributed by atoms with Gasteiger partial charge < -0.3 is 0 Å². The van der Waals surface area contributed by atoms with Crippen LogP contribution in [0, 0.1) is 6.92 Å². The first-order chi connectivity index (χ1) is 8.08. The van der Waals surface area contributed by atoms with Crippen molar-refractivity contribution in [2.45, 2.75) is 17.6 Å². The summed E-state index contributed by atoms with van der Waals surface area (Å²) in [6.45, 7) is 1.91. The lowest BCUT2D eigenvalue weighted by atomic mass is 10.2. The van der Waals surface area contributed by atoms with E-state index >= 15 is 0 Å². The predicted molar refractivity (Wildman–Crippen MR) is 61.9 cm³/mol. The van der Waals surface area contributed by atoms with Gasteiger partial charge in [-0.3, -0.25) is 0 Å². The number of hydrogen-bond donors (Lipinski definition) is 0. The van der Waals surface area contributed by atoms with Gasteiger partial charge in [0.05, 0.1) is 22.5 Å². The molecule has 1 heterocycles. The number of sulfone groups is 1. The van der Waals surface area contributed by atoms with Crippen LogP contribution in [0.4, 0.5) is 0 Å². The van der Waals surface area contributed by atoms with Crippen molar-refractivity contribution >= 4 is 9.84 Å². The third-order valence-corrected chi connectivity index (χ3v) is 3.93. The zero-order chi connectivity index (χ0) is 12.3. The molecule has 1 aromatic heterocycles. The Morgan fingerprint density at radius 3 is 2.41 bits per heavy atom. The summed E-state index contributed by atoms with van der Waals surface area (Å²) in [5, 5.41) is 7.10. The standard InChI is InChI=1S/C11H11N3O2S/c1-9-2-4-11(5-3-9)17(15,16)7-10-6-13-14-8-12-10/h2-6,8H,7H2,1H3. The molecular weight excluding hydrogens is 238 g/mol. The van der Waals surface area contributed by atoms with Crippen molar-refractivity contribution in [3.63, 3.8) is 0 Å². The lowest BCUT2D eigenvalue weighted by Gasteiger charge is -2.03. The average molecular weight is 249 g/mol. The molecule has 0 atom stereocenters. The van der Waals surface area contributed by atoms with Crippen LogP contribution in [0.25, 0.3) is 0 Å². The topological polar surface area (TPSA) is 72.8 Å². The molecule has 6 heteroatoms. The van der Waals surface area contributed by atoms with E-state index in [-0.39, 0.29) is 5.75 Å². The van der Waals surface area contributed by atoms with Gasteiger partial charge >= 0.3 is 0 Å². The number of hydrogen-bond acceptors (Lipinski definition) is 5. The molecule has 0 bridgehead atoms. The van der Waals surface area contributed by atoms with Crippen LogP contribution >= 0.6 is 0 Å². The summed E-state index contributed by atoms with van der Waals surface area (Å²) in [7, 11) is -3.36. The minimum atomic E-state index is -3.36. The number of aryl methyl sites for hydroxylation is 1. The highest BCUT2D eigenvalue weighted by Gasteiger charge is 2.15. The molecule has 88 valence electrons. The van der Waals surface area contributed by atoms with Crippen molar-refractivity contribution in [1.29, 1.82) is 0 Å². The molecule has 5 nitrogen and oxygen atoms in total. The summed E-state index contributed by atoms with van der Waals surface area (Å²) in [5.41, 5.74) is 1.41. The molecule has 2 aromatic rings. The van der Waals surface area contributed by atoms with Gasteiger partial charge in [0.25, 0.3) is 0 Å². The Morgan fingerprint density at radius 1 is 1.12 bits per heavy atom. The van der Waals surface area contributed by atoms with Crippen LogP contribution in [0.3, 0.4) is 0 Å². The van der Waals surface area contributed by atoms with Crippen molar-refractivity contribution < 1.29 is 8.42 Å². The first-order valence-corrected chi connectivity index (χ1v) is 6.64. The molecule has 0 saturated heterocycles. The van der Waals surface area contributed by atoms with Gasteiger partial charge in [-0.25, -0.2) is 13.4 Å². The van der Waals surface area contributed by atoms with E-state index in [0.29, 0.717) is 10.6 Å². The number of rotatable bonds is 3. The highest BCUT2D eigenvalue weighted by Crippen LogP contribution is 2.15. The second-order valence-corrected chi connectivity index (χ2v) is 5.66. The second-order valence-electron chi connectivity index (χ2n) is 3.67. The normalized spacial score (nSPS) is 11.4. The first-order valence-electron chi connectivity index (χ1n) is 4.99. The van der Waals surface area contributed by atoms with E-state index in [2.05, 4.69) is 15.2 Å². The van der Waals surface area contributed by atoms with Gasteiger partial charge in [0, 0.05) is 0 Å². The molecule has 0 amide bonds. The summed E-state index contributed by atoms with van der Waals surface area (Å²) < 4.78 is 24.0. The third kappa shape index (κ3) is 2.85. The molecule has 17 heavy (non-hydrogen) atoms. The molecule has 0 fully saturated rings. The highest BCUT2D eigenvalue weighted by molar-refractivity contribution is 7.90. The summed E-state index contributed by atoms with van der Waals surface area (Å²) in [4.78, 5) is 4.15. The van der Waals surface area contributed by atoms with Crippen molar-refractivity contribution in [1.82, 2.24) is 15.2 Å². The van der Waals surface area contributed by atoms with Gasteiger partial charge in [-0.2, -0.15) is 5.10 Å². The maximum atomic E-state index is 12.0. The molecule has 1 aromatic carbocycles. The molecule has 0 aliphatic carbocycles. The van der Waals surface area contributed by atoms with Crippen LogP contribution < -0.4 is 0 Å². The Labute approximate surface area is 99.5 Å². The van der Waals surface area contributed by atoms with Gasteiger partial charge in [-0.1, -0.05) is 17.7 Å². The third-order valence-electron chi connectivity index (χ3n) is 2.27. The van der Waals surface area contributed by atoms with Crippen LogP contribution in [-0.2, 0) is 15.6 Å². The fraction of sp³-hybridized carbons (Fsp3) is 0.182. The van der Waals surface area contributed by atoms with E-state index in [1.54, 1.807) is 24.3 Å². The van der Waals surface area contributed by atoms with Crippen LogP contribution in [0.2, 0.25) is 0 Å². The zero-order valence-corrected chi connectivity index (χ0v) is 10.1. The second kappa shape index (κ2) is 4.58. The Morgan fingerprint density at radius 2 is 1.82 bits per heavy atom. The van der Waals surface area contributed by atoms with Gasteiger partial charge in [0.1, 0.15) is 6.33 Å². The van der Waals surface area contributed by atoms with E-state index in [1.165, 1.54) is 12.5 Å². The van der Waals surface area contributed by atoms with E-state index in [0.717, 1.165) is 5.56 Å². The molecule has 2 rings (SSSR count). The molecule has 0 N–H and O–H groups in total. The fourth-order valence-electron chi connectivity index (χ4n) is 1.36. The maximum Gasteiger partial charge on any atom is 0.184 e. The molecule has 0 radical (unpaired) electrons. The number of nitrogens with zero attached hydrogens (tertiary/aromatic N) is 3. The molecular formula is C11H11N3O2S. The summed E-state index contributed by atoms with van der Waals surface area (Å²) in [6, 6.07) is 6.73. The van der Waals surface area contributed by atoms with Crippen LogP contribution in [-0.4, -0.2) is 23.6 Å². The van der Waals surface area contributed by atoms with Crippen molar-refractivity contribution in [2.75, 3.05) is 0 Å². The molecule has 0 aliphatic rings. The molecule has 0 unspecified atom stereocenters. The largest absolute Gasteiger partial charge is 0.237 e. The van der Waals surface area contributed by atoms with Gasteiger partial charge in [-0.15, -0.1) is 5.10 Å². The highest BCUT2D eigenvalue weighted by atomic mass is 32.2. The van der Waals surface area contributed by atoms with Crippen molar-refractivity contribution in [3.05, 3.63) is 48.0 Å².